The lowest BCUT2D eigenvalue weighted by Crippen LogP contribution is -2.60. The summed E-state index contributed by atoms with van der Waals surface area (Å²) in [5.41, 5.74) is 4.53. The summed E-state index contributed by atoms with van der Waals surface area (Å²) in [4.78, 5) is 98.1. The van der Waals surface area contributed by atoms with E-state index in [2.05, 4.69) is 31.9 Å². The van der Waals surface area contributed by atoms with Gasteiger partial charge in [-0.1, -0.05) is 133 Å². The van der Waals surface area contributed by atoms with E-state index in [1.54, 1.807) is 60.0 Å². The quantitative estimate of drug-likeness (QED) is 0.0762. The minimum absolute atomic E-state index is 0.0276. The lowest BCUT2D eigenvalue weighted by Gasteiger charge is -2.27. The zero-order valence-electron chi connectivity index (χ0n) is 38.4. The molecular formula is C54H54N6O10S. The lowest BCUT2D eigenvalue weighted by molar-refractivity contribution is -0.144. The molecular weight excluding hydrogens is 925 g/mol. The molecule has 1 aromatic heterocycles. The molecule has 0 saturated heterocycles. The third-order valence-corrected chi connectivity index (χ3v) is 12.9. The number of aryl methyl sites for hydroxylation is 1. The van der Waals surface area contributed by atoms with E-state index >= 15 is 0 Å². The predicted molar refractivity (Wildman–Crippen MR) is 267 cm³/mol. The number of aliphatic carboxylic acids is 1. The average molecular weight is 979 g/mol. The van der Waals surface area contributed by atoms with Crippen LogP contribution in [0.25, 0.3) is 11.1 Å². The Morgan fingerprint density at radius 1 is 0.563 bits per heavy atom. The van der Waals surface area contributed by atoms with Gasteiger partial charge in [0.05, 0.1) is 0 Å². The van der Waals surface area contributed by atoms with Crippen LogP contribution in [0.3, 0.4) is 0 Å². The number of fused-ring (bicyclic) bond motifs is 18. The SMILES string of the molecule is O=C(O)[C@H](Cc1ccccc1)NC(=O)[C@H]1Cc2ccc(cc2)NC(=O)[C@H](O)[C@@H](O)C(=O)N[C@H](Cc2cccs2)C(=O)N[C@@H](Cc2ccc(-c3ccccc3)cc2)C(=O)N[C@H](CCc2ccccc2)C(=O)N1. The first-order valence-electron chi connectivity index (χ1n) is 23.0. The van der Waals surface area contributed by atoms with Crippen LogP contribution in [-0.4, -0.2) is 99.1 Å². The van der Waals surface area contributed by atoms with Crippen molar-refractivity contribution in [2.24, 2.45) is 0 Å². The second kappa shape index (κ2) is 24.5. The fourth-order valence-electron chi connectivity index (χ4n) is 8.04. The number of thiophene rings is 1. The first-order chi connectivity index (χ1) is 34.3. The lowest BCUT2D eigenvalue weighted by atomic mass is 9.98. The van der Waals surface area contributed by atoms with Crippen molar-refractivity contribution in [1.29, 1.82) is 0 Å². The van der Waals surface area contributed by atoms with Crippen molar-refractivity contribution >= 4 is 58.4 Å². The first-order valence-corrected chi connectivity index (χ1v) is 23.9. The van der Waals surface area contributed by atoms with Crippen molar-refractivity contribution < 1.29 is 48.9 Å². The largest absolute Gasteiger partial charge is 0.480 e. The average Bonchev–Trinajstić information content (AvgIpc) is 3.90. The maximum absolute atomic E-state index is 14.8. The molecule has 5 aromatic carbocycles. The fourth-order valence-corrected chi connectivity index (χ4v) is 8.79. The number of carbonyl (C=O) groups is 7. The van der Waals surface area contributed by atoms with Crippen LogP contribution >= 0.6 is 11.3 Å². The van der Waals surface area contributed by atoms with Crippen LogP contribution in [-0.2, 0) is 65.7 Å². The van der Waals surface area contributed by atoms with Crippen molar-refractivity contribution in [3.05, 3.63) is 184 Å². The number of carboxylic acids is 1. The third-order valence-electron chi connectivity index (χ3n) is 12.0. The van der Waals surface area contributed by atoms with E-state index in [1.165, 1.54) is 35.6 Å². The van der Waals surface area contributed by atoms with Crippen molar-refractivity contribution in [2.45, 2.75) is 80.9 Å². The summed E-state index contributed by atoms with van der Waals surface area (Å²) in [7, 11) is 0. The Morgan fingerprint density at radius 2 is 1.11 bits per heavy atom. The molecule has 0 radical (unpaired) electrons. The van der Waals surface area contributed by atoms with E-state index in [9.17, 15) is 48.9 Å². The van der Waals surface area contributed by atoms with Crippen molar-refractivity contribution in [3.8, 4) is 11.1 Å². The Hall–Kier alpha value is -7.99. The van der Waals surface area contributed by atoms with Crippen molar-refractivity contribution in [3.63, 3.8) is 0 Å². The monoisotopic (exact) mass is 978 g/mol. The van der Waals surface area contributed by atoms with Crippen LogP contribution in [0.1, 0.15) is 33.6 Å². The molecule has 0 fully saturated rings. The van der Waals surface area contributed by atoms with Gasteiger partial charge in [-0.2, -0.15) is 0 Å². The Bertz CT molecular complexity index is 2760. The molecule has 8 rings (SSSR count). The molecule has 2 bridgehead atoms. The topological polar surface area (TPSA) is 252 Å². The number of nitrogens with one attached hydrogen (secondary N) is 6. The third kappa shape index (κ3) is 14.5. The second-order valence-corrected chi connectivity index (χ2v) is 18.2. The summed E-state index contributed by atoms with van der Waals surface area (Å²) < 4.78 is 0. The number of hydrogen-bond donors (Lipinski definition) is 9. The molecule has 3 heterocycles. The van der Waals surface area contributed by atoms with Gasteiger partial charge in [0.15, 0.2) is 12.2 Å². The maximum atomic E-state index is 14.8. The summed E-state index contributed by atoms with van der Waals surface area (Å²) in [6, 6.07) is 37.3. The van der Waals surface area contributed by atoms with Crippen LogP contribution in [0, 0.1) is 0 Å². The highest BCUT2D eigenvalue weighted by atomic mass is 32.1. The van der Waals surface area contributed by atoms with Crippen LogP contribution in [0.15, 0.2) is 157 Å². The molecule has 0 unspecified atom stereocenters. The Kier molecular flexibility index (Phi) is 17.6. The molecule has 6 aromatic rings. The van der Waals surface area contributed by atoms with Gasteiger partial charge in [0, 0.05) is 36.2 Å². The number of amides is 6. The number of anilines is 1. The van der Waals surface area contributed by atoms with Crippen LogP contribution < -0.4 is 31.9 Å². The number of carbonyl (C=O) groups excluding carboxylic acids is 6. The number of hydrogen-bond acceptors (Lipinski definition) is 10. The van der Waals surface area contributed by atoms with E-state index in [0.29, 0.717) is 28.0 Å². The molecule has 16 nitrogen and oxygen atoms in total. The molecule has 366 valence electrons. The van der Waals surface area contributed by atoms with E-state index in [4.69, 9.17) is 0 Å². The molecule has 2 aliphatic heterocycles. The molecule has 9 N–H and O–H groups in total. The smallest absolute Gasteiger partial charge is 0.326 e. The zero-order valence-corrected chi connectivity index (χ0v) is 39.2. The highest BCUT2D eigenvalue weighted by Gasteiger charge is 2.36. The van der Waals surface area contributed by atoms with Gasteiger partial charge < -0.3 is 47.2 Å². The van der Waals surface area contributed by atoms with Crippen LogP contribution in [0.5, 0.6) is 0 Å². The van der Waals surface area contributed by atoms with E-state index in [1.807, 2.05) is 72.8 Å². The van der Waals surface area contributed by atoms with E-state index in [0.717, 1.165) is 16.7 Å². The molecule has 6 amide bonds. The number of carboxylic acid groups (broad SMARTS) is 1. The molecule has 2 aliphatic rings. The summed E-state index contributed by atoms with van der Waals surface area (Å²) in [6.07, 6.45) is -4.75. The van der Waals surface area contributed by atoms with Crippen molar-refractivity contribution in [1.82, 2.24) is 26.6 Å². The highest BCUT2D eigenvalue weighted by Crippen LogP contribution is 2.21. The molecule has 17 heteroatoms. The highest BCUT2D eigenvalue weighted by molar-refractivity contribution is 7.09. The van der Waals surface area contributed by atoms with E-state index in [-0.39, 0.29) is 37.8 Å². The second-order valence-electron chi connectivity index (χ2n) is 17.2. The summed E-state index contributed by atoms with van der Waals surface area (Å²) >= 11 is 1.29. The molecule has 0 spiro atoms. The van der Waals surface area contributed by atoms with Gasteiger partial charge >= 0.3 is 5.97 Å². The molecule has 7 atom stereocenters. The van der Waals surface area contributed by atoms with Crippen LogP contribution in [0.4, 0.5) is 5.69 Å². The van der Waals surface area contributed by atoms with Gasteiger partial charge in [-0.3, -0.25) is 28.8 Å². The van der Waals surface area contributed by atoms with Gasteiger partial charge in [0.2, 0.25) is 23.6 Å². The Morgan fingerprint density at radius 3 is 1.73 bits per heavy atom. The number of rotatable bonds is 13. The molecule has 71 heavy (non-hydrogen) atoms. The van der Waals surface area contributed by atoms with Crippen LogP contribution in [0.2, 0.25) is 0 Å². The Balaban J connectivity index is 1.25. The number of aliphatic hydroxyl groups is 2. The van der Waals surface area contributed by atoms with E-state index < -0.39 is 83.8 Å². The fraction of sp³-hybridized carbons (Fsp3) is 0.241. The number of benzene rings is 5. The Labute approximate surface area is 413 Å². The minimum atomic E-state index is -2.33. The van der Waals surface area contributed by atoms with Gasteiger partial charge in [-0.25, -0.2) is 4.79 Å². The molecule has 0 saturated carbocycles. The normalized spacial score (nSPS) is 20.7. The van der Waals surface area contributed by atoms with Gasteiger partial charge in [-0.15, -0.1) is 11.3 Å². The molecule has 0 aliphatic carbocycles. The van der Waals surface area contributed by atoms with Gasteiger partial charge in [0.25, 0.3) is 11.8 Å². The predicted octanol–water partition coefficient (Wildman–Crippen LogP) is 3.50. The first kappa shape index (κ1) is 50.9. The van der Waals surface area contributed by atoms with Crippen molar-refractivity contribution in [2.75, 3.05) is 5.32 Å². The summed E-state index contributed by atoms with van der Waals surface area (Å²) in [5.74, 6) is -6.95. The zero-order chi connectivity index (χ0) is 50.3. The number of aliphatic hydroxyl groups excluding tert-OH is 2. The standard InChI is InChI=1S/C54H54N6O10S/c61-46-47(62)53(68)59-44(32-40-17-10-28-71-40)51(66)58-42(29-35-18-23-38(24-19-35)37-15-8-3-9-16-37)49(64)56-41(27-22-33-11-4-1-5-12-33)48(63)57-43(30-36-20-25-39(26-21-36)55-52(46)67)50(65)60-45(54(69)70)31-34-13-6-2-7-14-34/h1-21,23-26,28,41-47,61-62H,22,27,29-32H2,(H,55,67)(H,56,64)(H,57,63)(H,58,66)(H,59,68)(H,60,65)(H,69,70)/t41-,42+,43-,44-,45+,46-,47-/m1/s1. The van der Waals surface area contributed by atoms with Gasteiger partial charge in [-0.05, 0) is 69.8 Å². The summed E-state index contributed by atoms with van der Waals surface area (Å²) in [6.45, 7) is 0. The maximum Gasteiger partial charge on any atom is 0.326 e. The van der Waals surface area contributed by atoms with Gasteiger partial charge in [0.1, 0.15) is 30.2 Å². The minimum Gasteiger partial charge on any atom is -0.480 e. The summed E-state index contributed by atoms with van der Waals surface area (Å²) in [5, 5.41) is 49.7.